The van der Waals surface area contributed by atoms with Crippen molar-refractivity contribution in [2.75, 3.05) is 0 Å². The minimum absolute atomic E-state index is 0.409. The number of ether oxygens (including phenoxy) is 1. The third-order valence-corrected chi connectivity index (χ3v) is 1.98. The van der Waals surface area contributed by atoms with E-state index in [1.54, 1.807) is 0 Å². The SMILES string of the molecule is [CH2]OC(CCC)CCCCC. The van der Waals surface area contributed by atoms with E-state index in [0.717, 1.165) is 6.42 Å². The van der Waals surface area contributed by atoms with Crippen molar-refractivity contribution in [2.24, 2.45) is 0 Å². The highest BCUT2D eigenvalue weighted by molar-refractivity contribution is 4.57. The van der Waals surface area contributed by atoms with Crippen molar-refractivity contribution in [3.05, 3.63) is 7.11 Å². The quantitative estimate of drug-likeness (QED) is 0.513. The Hall–Kier alpha value is -0.0400. The highest BCUT2D eigenvalue weighted by Crippen LogP contribution is 2.11. The molecule has 0 saturated carbocycles. The first-order valence-corrected chi connectivity index (χ1v) is 4.76. The van der Waals surface area contributed by atoms with Crippen LogP contribution in [-0.4, -0.2) is 6.10 Å². The summed E-state index contributed by atoms with van der Waals surface area (Å²) in [7, 11) is 3.48. The van der Waals surface area contributed by atoms with Crippen LogP contribution in [0, 0.1) is 7.11 Å². The van der Waals surface area contributed by atoms with Gasteiger partial charge in [0, 0.05) is 0 Å². The van der Waals surface area contributed by atoms with Crippen LogP contribution in [0.3, 0.4) is 0 Å². The zero-order valence-corrected chi connectivity index (χ0v) is 7.94. The summed E-state index contributed by atoms with van der Waals surface area (Å²) in [5.41, 5.74) is 0. The maximum atomic E-state index is 5.09. The van der Waals surface area contributed by atoms with Gasteiger partial charge in [-0.25, -0.2) is 0 Å². The molecule has 0 spiro atoms. The Morgan fingerprint density at radius 3 is 2.27 bits per heavy atom. The fourth-order valence-corrected chi connectivity index (χ4v) is 1.25. The zero-order chi connectivity index (χ0) is 8.53. The van der Waals surface area contributed by atoms with Crippen molar-refractivity contribution in [3.63, 3.8) is 0 Å². The van der Waals surface area contributed by atoms with Gasteiger partial charge in [0.05, 0.1) is 13.2 Å². The van der Waals surface area contributed by atoms with Gasteiger partial charge in [-0.05, 0) is 12.8 Å². The molecule has 0 rings (SSSR count). The van der Waals surface area contributed by atoms with Gasteiger partial charge in [0.15, 0.2) is 0 Å². The first kappa shape index (κ1) is 11.0. The normalized spacial score (nSPS) is 13.4. The molecule has 0 aromatic heterocycles. The van der Waals surface area contributed by atoms with Crippen molar-refractivity contribution in [2.45, 2.75) is 58.5 Å². The smallest absolute Gasteiger partial charge is 0.0704 e. The molecule has 0 amide bonds. The van der Waals surface area contributed by atoms with E-state index in [9.17, 15) is 0 Å². The van der Waals surface area contributed by atoms with Crippen LogP contribution >= 0.6 is 0 Å². The Labute approximate surface area is 71.1 Å². The van der Waals surface area contributed by atoms with Crippen molar-refractivity contribution >= 4 is 0 Å². The van der Waals surface area contributed by atoms with Gasteiger partial charge in [-0.15, -0.1) is 0 Å². The lowest BCUT2D eigenvalue weighted by Crippen LogP contribution is -2.08. The number of hydrogen-bond donors (Lipinski definition) is 0. The largest absolute Gasteiger partial charge is 0.376 e. The molecular formula is C10H21O. The molecule has 0 aliphatic heterocycles. The van der Waals surface area contributed by atoms with Crippen LogP contribution in [0.25, 0.3) is 0 Å². The molecule has 0 heterocycles. The third-order valence-electron chi connectivity index (χ3n) is 1.98. The highest BCUT2D eigenvalue weighted by Gasteiger charge is 2.03. The summed E-state index contributed by atoms with van der Waals surface area (Å²) in [5, 5.41) is 0. The maximum absolute atomic E-state index is 5.09. The van der Waals surface area contributed by atoms with Crippen LogP contribution in [0.15, 0.2) is 0 Å². The lowest BCUT2D eigenvalue weighted by Gasteiger charge is -2.12. The Morgan fingerprint density at radius 1 is 1.09 bits per heavy atom. The lowest BCUT2D eigenvalue weighted by atomic mass is 10.1. The molecule has 0 aromatic rings. The summed E-state index contributed by atoms with van der Waals surface area (Å²) < 4.78 is 5.09. The lowest BCUT2D eigenvalue weighted by molar-refractivity contribution is 0.117. The molecule has 1 atom stereocenters. The Bertz CT molecular complexity index is 71.3. The summed E-state index contributed by atoms with van der Waals surface area (Å²) >= 11 is 0. The molecule has 0 aliphatic rings. The van der Waals surface area contributed by atoms with Crippen LogP contribution in [0.5, 0.6) is 0 Å². The van der Waals surface area contributed by atoms with Crippen LogP contribution in [-0.2, 0) is 4.74 Å². The van der Waals surface area contributed by atoms with Crippen LogP contribution in [0.2, 0.25) is 0 Å². The molecular weight excluding hydrogens is 136 g/mol. The Morgan fingerprint density at radius 2 is 1.82 bits per heavy atom. The van der Waals surface area contributed by atoms with E-state index in [0.29, 0.717) is 6.10 Å². The third kappa shape index (κ3) is 6.36. The van der Waals surface area contributed by atoms with Crippen LogP contribution in [0.1, 0.15) is 52.4 Å². The average Bonchev–Trinajstić information content (AvgIpc) is 2.03. The summed E-state index contributed by atoms with van der Waals surface area (Å²) in [4.78, 5) is 0. The average molecular weight is 157 g/mol. The van der Waals surface area contributed by atoms with E-state index in [-0.39, 0.29) is 0 Å². The molecule has 11 heavy (non-hydrogen) atoms. The molecule has 0 aromatic carbocycles. The van der Waals surface area contributed by atoms with Crippen molar-refractivity contribution in [1.82, 2.24) is 0 Å². The Kier molecular flexibility index (Phi) is 8.03. The van der Waals surface area contributed by atoms with Gasteiger partial charge in [0.25, 0.3) is 0 Å². The summed E-state index contributed by atoms with van der Waals surface area (Å²) in [6, 6.07) is 0. The van der Waals surface area contributed by atoms with Crippen molar-refractivity contribution < 1.29 is 4.74 Å². The summed E-state index contributed by atoms with van der Waals surface area (Å²) in [6.07, 6.45) is 7.85. The van der Waals surface area contributed by atoms with Gasteiger partial charge in [-0.1, -0.05) is 39.5 Å². The fourth-order valence-electron chi connectivity index (χ4n) is 1.25. The molecule has 1 unspecified atom stereocenters. The van der Waals surface area contributed by atoms with Gasteiger partial charge < -0.3 is 4.74 Å². The molecule has 67 valence electrons. The predicted molar refractivity (Wildman–Crippen MR) is 49.3 cm³/mol. The standard InChI is InChI=1S/C10H21O/c1-4-6-7-9-10(11-3)8-5-2/h10H,3-9H2,1-2H3. The van der Waals surface area contributed by atoms with Gasteiger partial charge >= 0.3 is 0 Å². The molecule has 0 bridgehead atoms. The number of rotatable bonds is 7. The predicted octanol–water partition coefficient (Wildman–Crippen LogP) is 3.54. The highest BCUT2D eigenvalue weighted by atomic mass is 16.5. The fraction of sp³-hybridized carbons (Fsp3) is 0.900. The minimum Gasteiger partial charge on any atom is -0.376 e. The second-order valence-electron chi connectivity index (χ2n) is 3.07. The monoisotopic (exact) mass is 157 g/mol. The molecule has 0 fully saturated rings. The van der Waals surface area contributed by atoms with Gasteiger partial charge in [-0.3, -0.25) is 0 Å². The van der Waals surface area contributed by atoms with Crippen molar-refractivity contribution in [1.29, 1.82) is 0 Å². The first-order valence-electron chi connectivity index (χ1n) is 4.76. The molecule has 0 saturated heterocycles. The van der Waals surface area contributed by atoms with Gasteiger partial charge in [0.1, 0.15) is 0 Å². The van der Waals surface area contributed by atoms with E-state index in [1.807, 2.05) is 0 Å². The summed E-state index contributed by atoms with van der Waals surface area (Å²) in [5.74, 6) is 0. The molecule has 1 nitrogen and oxygen atoms in total. The second kappa shape index (κ2) is 8.06. The van der Waals surface area contributed by atoms with E-state index in [2.05, 4.69) is 21.0 Å². The van der Waals surface area contributed by atoms with Gasteiger partial charge in [-0.2, -0.15) is 0 Å². The van der Waals surface area contributed by atoms with Crippen molar-refractivity contribution in [3.8, 4) is 0 Å². The molecule has 0 N–H and O–H groups in total. The first-order chi connectivity index (χ1) is 5.35. The van der Waals surface area contributed by atoms with Crippen LogP contribution in [0.4, 0.5) is 0 Å². The van der Waals surface area contributed by atoms with Crippen LogP contribution < -0.4 is 0 Å². The van der Waals surface area contributed by atoms with E-state index in [1.165, 1.54) is 32.1 Å². The van der Waals surface area contributed by atoms with E-state index >= 15 is 0 Å². The number of hydrogen-bond acceptors (Lipinski definition) is 1. The molecule has 1 radical (unpaired) electrons. The number of unbranched alkanes of at least 4 members (excludes halogenated alkanes) is 2. The summed E-state index contributed by atoms with van der Waals surface area (Å²) in [6.45, 7) is 4.41. The maximum Gasteiger partial charge on any atom is 0.0704 e. The van der Waals surface area contributed by atoms with Gasteiger partial charge in [0.2, 0.25) is 0 Å². The molecule has 1 heteroatoms. The second-order valence-corrected chi connectivity index (χ2v) is 3.07. The molecule has 0 aliphatic carbocycles. The van der Waals surface area contributed by atoms with E-state index < -0.39 is 0 Å². The minimum atomic E-state index is 0.409. The zero-order valence-electron chi connectivity index (χ0n) is 7.94. The van der Waals surface area contributed by atoms with E-state index in [4.69, 9.17) is 4.74 Å². The topological polar surface area (TPSA) is 9.23 Å². The Balaban J connectivity index is 3.20.